The number of rotatable bonds is 5. The molecule has 0 aliphatic rings. The third kappa shape index (κ3) is 4.92. The van der Waals surface area contributed by atoms with Gasteiger partial charge in [0, 0.05) is 28.7 Å². The van der Waals surface area contributed by atoms with Gasteiger partial charge in [-0.25, -0.2) is 18.3 Å². The van der Waals surface area contributed by atoms with Crippen molar-refractivity contribution in [1.82, 2.24) is 24.9 Å². The van der Waals surface area contributed by atoms with Crippen LogP contribution in [0.25, 0.3) is 5.78 Å². The summed E-state index contributed by atoms with van der Waals surface area (Å²) in [6, 6.07) is 2.78. The van der Waals surface area contributed by atoms with E-state index in [0.29, 0.717) is 5.56 Å². The molecule has 2 N–H and O–H groups in total. The molecule has 3 rings (SSSR count). The van der Waals surface area contributed by atoms with Gasteiger partial charge in [-0.3, -0.25) is 9.59 Å². The normalized spacial score (nSPS) is 11.6. The number of halogens is 5. The minimum atomic E-state index is -4.74. The fourth-order valence-electron chi connectivity index (χ4n) is 2.77. The van der Waals surface area contributed by atoms with Crippen LogP contribution in [0.5, 0.6) is 0 Å². The number of aromatic nitrogens is 4. The lowest BCUT2D eigenvalue weighted by Gasteiger charge is -2.11. The van der Waals surface area contributed by atoms with Crippen molar-refractivity contribution >= 4 is 23.3 Å². The first-order chi connectivity index (χ1) is 14.5. The van der Waals surface area contributed by atoms with Gasteiger partial charge in [0.2, 0.25) is 11.8 Å². The summed E-state index contributed by atoms with van der Waals surface area (Å²) in [5.74, 6) is -5.11. The maximum Gasteiger partial charge on any atom is 0.453 e. The molecule has 2 aromatic heterocycles. The van der Waals surface area contributed by atoms with Crippen LogP contribution in [0, 0.1) is 25.5 Å². The second-order valence-electron chi connectivity index (χ2n) is 6.54. The summed E-state index contributed by atoms with van der Waals surface area (Å²) in [5, 5.41) is 8.02. The van der Waals surface area contributed by atoms with E-state index in [1.807, 2.05) is 0 Å². The van der Waals surface area contributed by atoms with Crippen LogP contribution in [0.4, 0.5) is 27.6 Å². The summed E-state index contributed by atoms with van der Waals surface area (Å²) in [7, 11) is 0. The van der Waals surface area contributed by atoms with Crippen LogP contribution >= 0.6 is 0 Å². The van der Waals surface area contributed by atoms with Gasteiger partial charge in [-0.2, -0.15) is 18.2 Å². The molecular formula is C18H15F5N6O2. The number of nitrogens with zero attached hydrogens (tertiary/aromatic N) is 4. The van der Waals surface area contributed by atoms with Gasteiger partial charge < -0.3 is 10.6 Å². The summed E-state index contributed by atoms with van der Waals surface area (Å²) in [5.41, 5.74) is 0.857. The number of amides is 2. The standard InChI is InChI=1S/C18H15F5N6O2/c1-8-11(9(2)29-17(25-8)27-16(28-29)18(21,22)23)6-14(30)24-7-15(31)26-10-3-4-12(19)13(20)5-10/h3-5H,6-7H2,1-2H3,(H,24,30)(H,26,31). The van der Waals surface area contributed by atoms with E-state index in [9.17, 15) is 31.5 Å². The maximum atomic E-state index is 13.2. The summed E-state index contributed by atoms with van der Waals surface area (Å²) in [4.78, 5) is 31.4. The predicted octanol–water partition coefficient (Wildman–Crippen LogP) is 2.34. The number of alkyl halides is 3. The van der Waals surface area contributed by atoms with E-state index in [0.717, 1.165) is 22.7 Å². The van der Waals surface area contributed by atoms with Crippen LogP contribution in [0.2, 0.25) is 0 Å². The Morgan fingerprint density at radius 1 is 1.06 bits per heavy atom. The molecule has 0 unspecified atom stereocenters. The molecule has 3 aromatic rings. The Morgan fingerprint density at radius 3 is 2.42 bits per heavy atom. The van der Waals surface area contributed by atoms with Crippen molar-refractivity contribution in [2.45, 2.75) is 26.4 Å². The minimum absolute atomic E-state index is 0.00569. The van der Waals surface area contributed by atoms with Gasteiger partial charge in [-0.05, 0) is 26.0 Å². The third-order valence-electron chi connectivity index (χ3n) is 4.29. The summed E-state index contributed by atoms with van der Waals surface area (Å²) in [6.07, 6.45) is -5.02. The van der Waals surface area contributed by atoms with Gasteiger partial charge in [0.1, 0.15) is 0 Å². The van der Waals surface area contributed by atoms with Gasteiger partial charge in [0.25, 0.3) is 11.6 Å². The summed E-state index contributed by atoms with van der Waals surface area (Å²) in [6.45, 7) is 2.51. The second-order valence-corrected chi connectivity index (χ2v) is 6.54. The van der Waals surface area contributed by atoms with E-state index in [4.69, 9.17) is 0 Å². The van der Waals surface area contributed by atoms with Crippen molar-refractivity contribution in [1.29, 1.82) is 0 Å². The van der Waals surface area contributed by atoms with Crippen molar-refractivity contribution in [3.63, 3.8) is 0 Å². The van der Waals surface area contributed by atoms with E-state index in [1.54, 1.807) is 0 Å². The first-order valence-electron chi connectivity index (χ1n) is 8.77. The average Bonchev–Trinajstić information content (AvgIpc) is 3.11. The highest BCUT2D eigenvalue weighted by molar-refractivity contribution is 5.94. The summed E-state index contributed by atoms with van der Waals surface area (Å²) < 4.78 is 65.5. The van der Waals surface area contributed by atoms with E-state index >= 15 is 0 Å². The monoisotopic (exact) mass is 442 g/mol. The zero-order valence-electron chi connectivity index (χ0n) is 16.1. The second kappa shape index (κ2) is 8.24. The van der Waals surface area contributed by atoms with Gasteiger partial charge in [0.05, 0.1) is 13.0 Å². The molecule has 13 heteroatoms. The van der Waals surface area contributed by atoms with Crippen molar-refractivity contribution in [3.8, 4) is 0 Å². The van der Waals surface area contributed by atoms with Crippen LogP contribution in [-0.2, 0) is 22.2 Å². The molecule has 1 aromatic carbocycles. The molecule has 164 valence electrons. The maximum absolute atomic E-state index is 13.2. The number of benzene rings is 1. The highest BCUT2D eigenvalue weighted by atomic mass is 19.4. The van der Waals surface area contributed by atoms with Crippen LogP contribution in [0.1, 0.15) is 22.8 Å². The number of fused-ring (bicyclic) bond motifs is 1. The highest BCUT2D eigenvalue weighted by Gasteiger charge is 2.37. The molecule has 0 aliphatic carbocycles. The molecule has 0 saturated carbocycles. The molecule has 0 spiro atoms. The molecule has 0 radical (unpaired) electrons. The summed E-state index contributed by atoms with van der Waals surface area (Å²) >= 11 is 0. The van der Waals surface area contributed by atoms with E-state index in [2.05, 4.69) is 25.7 Å². The lowest BCUT2D eigenvalue weighted by atomic mass is 10.1. The van der Waals surface area contributed by atoms with Crippen LogP contribution < -0.4 is 10.6 Å². The zero-order valence-corrected chi connectivity index (χ0v) is 16.1. The first kappa shape index (κ1) is 22.1. The number of carbonyl (C=O) groups excluding carboxylic acids is 2. The smallest absolute Gasteiger partial charge is 0.347 e. The van der Waals surface area contributed by atoms with Gasteiger partial charge in [0.15, 0.2) is 11.6 Å². The molecular weight excluding hydrogens is 427 g/mol. The van der Waals surface area contributed by atoms with Gasteiger partial charge in [-0.15, -0.1) is 5.10 Å². The highest BCUT2D eigenvalue weighted by Crippen LogP contribution is 2.27. The first-order valence-corrected chi connectivity index (χ1v) is 8.77. The Morgan fingerprint density at radius 2 is 1.77 bits per heavy atom. The lowest BCUT2D eigenvalue weighted by molar-refractivity contribution is -0.144. The molecule has 2 heterocycles. The van der Waals surface area contributed by atoms with E-state index in [-0.39, 0.29) is 29.3 Å². The van der Waals surface area contributed by atoms with E-state index in [1.165, 1.54) is 13.8 Å². The van der Waals surface area contributed by atoms with Gasteiger partial charge in [-0.1, -0.05) is 0 Å². The van der Waals surface area contributed by atoms with E-state index < -0.39 is 42.0 Å². The Hall–Kier alpha value is -3.64. The quantitative estimate of drug-likeness (QED) is 0.591. The molecule has 0 aliphatic heterocycles. The van der Waals surface area contributed by atoms with Gasteiger partial charge >= 0.3 is 6.18 Å². The minimum Gasteiger partial charge on any atom is -0.347 e. The van der Waals surface area contributed by atoms with Crippen molar-refractivity contribution in [3.05, 3.63) is 52.6 Å². The molecule has 0 saturated heterocycles. The Kier molecular flexibility index (Phi) is 5.86. The molecule has 2 amide bonds. The molecule has 31 heavy (non-hydrogen) atoms. The SMILES string of the molecule is Cc1nc2nc(C(F)(F)F)nn2c(C)c1CC(=O)NCC(=O)Nc1ccc(F)c(F)c1. The Labute approximate surface area is 171 Å². The number of nitrogens with one attached hydrogen (secondary N) is 2. The van der Waals surface area contributed by atoms with Crippen molar-refractivity contribution in [2.24, 2.45) is 0 Å². The largest absolute Gasteiger partial charge is 0.453 e. The zero-order chi connectivity index (χ0) is 22.9. The fourth-order valence-corrected chi connectivity index (χ4v) is 2.77. The Balaban J connectivity index is 1.67. The molecule has 0 bridgehead atoms. The van der Waals surface area contributed by atoms with Crippen molar-refractivity contribution in [2.75, 3.05) is 11.9 Å². The molecule has 8 nitrogen and oxygen atoms in total. The predicted molar refractivity (Wildman–Crippen MR) is 97.0 cm³/mol. The number of hydrogen-bond donors (Lipinski definition) is 2. The number of hydrogen-bond acceptors (Lipinski definition) is 5. The van der Waals surface area contributed by atoms with Crippen molar-refractivity contribution < 1.29 is 31.5 Å². The topological polar surface area (TPSA) is 101 Å². The number of aryl methyl sites for hydroxylation is 2. The average molecular weight is 442 g/mol. The lowest BCUT2D eigenvalue weighted by Crippen LogP contribution is -2.34. The molecule has 0 fully saturated rings. The number of anilines is 1. The van der Waals surface area contributed by atoms with Crippen LogP contribution in [-0.4, -0.2) is 37.9 Å². The Bertz CT molecular complexity index is 1170. The fraction of sp³-hybridized carbons (Fsp3) is 0.278. The third-order valence-corrected chi connectivity index (χ3v) is 4.29. The van der Waals surface area contributed by atoms with Crippen LogP contribution in [0.3, 0.4) is 0 Å². The molecule has 0 atom stereocenters. The number of carbonyl (C=O) groups is 2. The van der Waals surface area contributed by atoms with Crippen LogP contribution in [0.15, 0.2) is 18.2 Å².